The Morgan fingerprint density at radius 2 is 0.925 bits per heavy atom. The van der Waals surface area contributed by atoms with Gasteiger partial charge in [0, 0.05) is 43.7 Å². The van der Waals surface area contributed by atoms with E-state index in [1.54, 1.807) is 0 Å². The Morgan fingerprint density at radius 3 is 1.70 bits per heavy atom. The van der Waals surface area contributed by atoms with Crippen LogP contribution in [0.4, 0.5) is 17.1 Å². The maximum atomic E-state index is 6.89. The van der Waals surface area contributed by atoms with E-state index >= 15 is 0 Å². The molecule has 0 saturated carbocycles. The van der Waals surface area contributed by atoms with Gasteiger partial charge in [0.25, 0.3) is 0 Å². The van der Waals surface area contributed by atoms with E-state index in [-0.39, 0.29) is 0 Å². The van der Waals surface area contributed by atoms with E-state index in [1.165, 1.54) is 43.5 Å². The molecule has 2 heterocycles. The lowest BCUT2D eigenvalue weighted by Gasteiger charge is -2.27. The Labute approximate surface area is 306 Å². The average Bonchev–Trinajstić information content (AvgIpc) is 3.78. The van der Waals surface area contributed by atoms with Gasteiger partial charge in [0.15, 0.2) is 5.58 Å². The van der Waals surface area contributed by atoms with Crippen molar-refractivity contribution in [3.8, 4) is 16.8 Å². The second-order valence-corrected chi connectivity index (χ2v) is 13.7. The highest BCUT2D eigenvalue weighted by atomic mass is 16.3. The van der Waals surface area contributed by atoms with Gasteiger partial charge in [0.05, 0.1) is 22.4 Å². The number of nitrogens with zero attached hydrogens (tertiary/aromatic N) is 2. The van der Waals surface area contributed by atoms with Gasteiger partial charge in [-0.25, -0.2) is 0 Å². The minimum atomic E-state index is 0.870. The quantitative estimate of drug-likeness (QED) is 0.181. The Hall–Kier alpha value is -7.10. The number of anilines is 3. The molecule has 0 radical (unpaired) electrons. The van der Waals surface area contributed by atoms with E-state index in [2.05, 4.69) is 204 Å². The molecule has 53 heavy (non-hydrogen) atoms. The normalized spacial score (nSPS) is 11.8. The molecule has 3 heteroatoms. The highest BCUT2D eigenvalue weighted by molar-refractivity contribution is 6.18. The molecular formula is C50H32N2O. The molecular weight excluding hydrogens is 645 g/mol. The van der Waals surface area contributed by atoms with Gasteiger partial charge in [-0.15, -0.1) is 0 Å². The maximum absolute atomic E-state index is 6.89. The van der Waals surface area contributed by atoms with E-state index < -0.39 is 0 Å². The summed E-state index contributed by atoms with van der Waals surface area (Å²) in [6.07, 6.45) is 0. The highest BCUT2D eigenvalue weighted by Crippen LogP contribution is 2.45. The molecule has 248 valence electrons. The Bertz CT molecular complexity index is 3130. The molecule has 9 aromatic carbocycles. The molecule has 0 aliphatic carbocycles. The Kier molecular flexibility index (Phi) is 6.55. The fourth-order valence-corrected chi connectivity index (χ4v) is 8.33. The van der Waals surface area contributed by atoms with Crippen molar-refractivity contribution in [3.05, 3.63) is 194 Å². The molecule has 0 atom stereocenters. The smallest absolute Gasteiger partial charge is 0.159 e. The number of hydrogen-bond donors (Lipinski definition) is 0. The van der Waals surface area contributed by atoms with Crippen LogP contribution >= 0.6 is 0 Å². The number of furan rings is 1. The number of aromatic nitrogens is 1. The zero-order chi connectivity index (χ0) is 34.9. The Morgan fingerprint density at radius 1 is 0.358 bits per heavy atom. The first kappa shape index (κ1) is 29.6. The third-order valence-electron chi connectivity index (χ3n) is 10.8. The molecule has 0 aliphatic rings. The first-order chi connectivity index (χ1) is 26.3. The number of benzene rings is 9. The van der Waals surface area contributed by atoms with Crippen LogP contribution in [-0.4, -0.2) is 4.57 Å². The van der Waals surface area contributed by atoms with Crippen LogP contribution < -0.4 is 4.90 Å². The third kappa shape index (κ3) is 4.61. The molecule has 0 fully saturated rings. The first-order valence-corrected chi connectivity index (χ1v) is 18.1. The van der Waals surface area contributed by atoms with E-state index in [1.807, 2.05) is 0 Å². The van der Waals surface area contributed by atoms with Crippen molar-refractivity contribution in [2.24, 2.45) is 0 Å². The van der Waals surface area contributed by atoms with Crippen molar-refractivity contribution in [1.82, 2.24) is 4.57 Å². The summed E-state index contributed by atoms with van der Waals surface area (Å²) in [7, 11) is 0. The molecule has 0 bridgehead atoms. The molecule has 11 rings (SSSR count). The number of hydrogen-bond acceptors (Lipinski definition) is 2. The van der Waals surface area contributed by atoms with Gasteiger partial charge in [-0.05, 0) is 76.5 Å². The highest BCUT2D eigenvalue weighted by Gasteiger charge is 2.22. The second kappa shape index (κ2) is 11.7. The summed E-state index contributed by atoms with van der Waals surface area (Å²) in [5.74, 6) is 0. The van der Waals surface area contributed by atoms with Crippen LogP contribution in [0.25, 0.3) is 82.1 Å². The average molecular weight is 677 g/mol. The first-order valence-electron chi connectivity index (χ1n) is 18.1. The summed E-state index contributed by atoms with van der Waals surface area (Å²) >= 11 is 0. The SMILES string of the molecule is c1cc(-c2ccc(N(c3cccc4ccccc34)c3cccc4c3oc3c5ccccc5ccc43)cc2)cc(-n2c3ccccc3c3ccccc32)c1. The molecule has 0 N–H and O–H groups in total. The fraction of sp³-hybridized carbons (Fsp3) is 0. The van der Waals surface area contributed by atoms with Gasteiger partial charge in [0.2, 0.25) is 0 Å². The van der Waals surface area contributed by atoms with Crippen molar-refractivity contribution >= 4 is 82.4 Å². The van der Waals surface area contributed by atoms with Crippen LogP contribution in [0.2, 0.25) is 0 Å². The third-order valence-corrected chi connectivity index (χ3v) is 10.8. The maximum Gasteiger partial charge on any atom is 0.159 e. The fourth-order valence-electron chi connectivity index (χ4n) is 8.33. The molecule has 0 amide bonds. The summed E-state index contributed by atoms with van der Waals surface area (Å²) in [6.45, 7) is 0. The number of fused-ring (bicyclic) bond motifs is 9. The van der Waals surface area contributed by atoms with Crippen molar-refractivity contribution in [2.75, 3.05) is 4.90 Å². The van der Waals surface area contributed by atoms with Gasteiger partial charge in [-0.3, -0.25) is 0 Å². The van der Waals surface area contributed by atoms with E-state index in [9.17, 15) is 0 Å². The molecule has 0 spiro atoms. The number of rotatable bonds is 5. The lowest BCUT2D eigenvalue weighted by Crippen LogP contribution is -2.10. The zero-order valence-electron chi connectivity index (χ0n) is 28.8. The van der Waals surface area contributed by atoms with Crippen molar-refractivity contribution in [3.63, 3.8) is 0 Å². The zero-order valence-corrected chi connectivity index (χ0v) is 28.8. The monoisotopic (exact) mass is 676 g/mol. The molecule has 0 aliphatic heterocycles. The van der Waals surface area contributed by atoms with Crippen LogP contribution in [0, 0.1) is 0 Å². The summed E-state index contributed by atoms with van der Waals surface area (Å²) < 4.78 is 9.27. The second-order valence-electron chi connectivity index (χ2n) is 13.7. The van der Waals surface area contributed by atoms with E-state index in [0.29, 0.717) is 0 Å². The standard InChI is InChI=1S/C50H32N2O/c1-3-17-39-34(12-1)14-10-24-45(39)51(48-25-11-21-43-44-31-28-35-13-2-4-18-40(35)49(44)53-50(43)48)37-29-26-33(27-30-37)36-15-9-16-38(32-36)52-46-22-7-5-19-41(46)42-20-6-8-23-47(42)52/h1-32H. The van der Waals surface area contributed by atoms with Crippen LogP contribution in [0.5, 0.6) is 0 Å². The van der Waals surface area contributed by atoms with E-state index in [0.717, 1.165) is 55.6 Å². The summed E-state index contributed by atoms with van der Waals surface area (Å²) in [5.41, 5.74) is 10.8. The van der Waals surface area contributed by atoms with Gasteiger partial charge in [0.1, 0.15) is 5.58 Å². The van der Waals surface area contributed by atoms with Crippen molar-refractivity contribution < 1.29 is 4.42 Å². The van der Waals surface area contributed by atoms with Crippen LogP contribution in [0.3, 0.4) is 0 Å². The van der Waals surface area contributed by atoms with Crippen molar-refractivity contribution in [2.45, 2.75) is 0 Å². The summed E-state index contributed by atoms with van der Waals surface area (Å²) in [5, 5.41) is 9.41. The minimum Gasteiger partial charge on any atom is -0.453 e. The topological polar surface area (TPSA) is 21.3 Å². The van der Waals surface area contributed by atoms with Crippen molar-refractivity contribution in [1.29, 1.82) is 0 Å². The molecule has 11 aromatic rings. The molecule has 3 nitrogen and oxygen atoms in total. The van der Waals surface area contributed by atoms with E-state index in [4.69, 9.17) is 4.42 Å². The van der Waals surface area contributed by atoms with Gasteiger partial charge < -0.3 is 13.9 Å². The van der Waals surface area contributed by atoms with Crippen LogP contribution in [-0.2, 0) is 0 Å². The molecule has 2 aromatic heterocycles. The Balaban J connectivity index is 1.08. The molecule has 0 unspecified atom stereocenters. The predicted octanol–water partition coefficient (Wildman–Crippen LogP) is 14.1. The summed E-state index contributed by atoms with van der Waals surface area (Å²) in [6, 6.07) is 69.6. The molecule has 0 saturated heterocycles. The predicted molar refractivity (Wildman–Crippen MR) is 223 cm³/mol. The van der Waals surface area contributed by atoms with Gasteiger partial charge in [-0.2, -0.15) is 0 Å². The number of para-hydroxylation sites is 3. The lowest BCUT2D eigenvalue weighted by molar-refractivity contribution is 0.673. The van der Waals surface area contributed by atoms with Gasteiger partial charge >= 0.3 is 0 Å². The van der Waals surface area contributed by atoms with Crippen LogP contribution in [0.15, 0.2) is 199 Å². The summed E-state index contributed by atoms with van der Waals surface area (Å²) in [4.78, 5) is 2.35. The van der Waals surface area contributed by atoms with Crippen LogP contribution in [0.1, 0.15) is 0 Å². The largest absolute Gasteiger partial charge is 0.453 e. The lowest BCUT2D eigenvalue weighted by atomic mass is 10.0. The van der Waals surface area contributed by atoms with Gasteiger partial charge in [-0.1, -0.05) is 140 Å². The minimum absolute atomic E-state index is 0.870.